The first-order valence-corrected chi connectivity index (χ1v) is 8.58. The summed E-state index contributed by atoms with van der Waals surface area (Å²) >= 11 is 1.80. The highest BCUT2D eigenvalue weighted by Gasteiger charge is 2.36. The van der Waals surface area contributed by atoms with Crippen LogP contribution in [0.15, 0.2) is 41.8 Å². The molecule has 2 aromatic rings. The highest BCUT2D eigenvalue weighted by atomic mass is 32.1. The fourth-order valence-electron chi connectivity index (χ4n) is 3.26. The second-order valence-corrected chi connectivity index (χ2v) is 6.83. The third kappa shape index (κ3) is 3.02. The van der Waals surface area contributed by atoms with Crippen molar-refractivity contribution in [3.05, 3.63) is 52.2 Å². The minimum Gasteiger partial charge on any atom is -0.497 e. The number of amides is 1. The van der Waals surface area contributed by atoms with Gasteiger partial charge >= 0.3 is 0 Å². The van der Waals surface area contributed by atoms with Gasteiger partial charge < -0.3 is 10.1 Å². The molecule has 0 saturated heterocycles. The maximum atomic E-state index is 12.4. The Kier molecular flexibility index (Phi) is 4.48. The molecule has 1 aromatic heterocycles. The molecule has 22 heavy (non-hydrogen) atoms. The summed E-state index contributed by atoms with van der Waals surface area (Å²) in [4.78, 5) is 13.8. The fraction of sp³-hybridized carbons (Fsp3) is 0.389. The van der Waals surface area contributed by atoms with E-state index in [9.17, 15) is 4.79 Å². The molecule has 1 amide bonds. The summed E-state index contributed by atoms with van der Waals surface area (Å²) in [6.45, 7) is 0.712. The summed E-state index contributed by atoms with van der Waals surface area (Å²) in [6.07, 6.45) is 4.80. The molecule has 4 heteroatoms. The molecule has 0 aliphatic heterocycles. The van der Waals surface area contributed by atoms with Crippen molar-refractivity contribution in [2.24, 2.45) is 0 Å². The molecule has 1 N–H and O–H groups in total. The topological polar surface area (TPSA) is 38.3 Å². The molecule has 1 aromatic carbocycles. The summed E-state index contributed by atoms with van der Waals surface area (Å²) in [5.74, 6) is 0.684. The molecule has 1 aliphatic carbocycles. The number of carbonyl (C=O) groups excluding carboxylic acids is 1. The molecule has 116 valence electrons. The van der Waals surface area contributed by atoms with Crippen molar-refractivity contribution in [1.29, 1.82) is 0 Å². The van der Waals surface area contributed by atoms with E-state index in [0.717, 1.165) is 12.8 Å². The molecule has 1 heterocycles. The first kappa shape index (κ1) is 15.1. The molecular weight excluding hydrogens is 294 g/mol. The minimum absolute atomic E-state index is 0.0262. The largest absolute Gasteiger partial charge is 0.497 e. The van der Waals surface area contributed by atoms with Crippen LogP contribution < -0.4 is 10.1 Å². The smallest absolute Gasteiger partial charge is 0.251 e. The van der Waals surface area contributed by atoms with Gasteiger partial charge in [0.25, 0.3) is 5.91 Å². The van der Waals surface area contributed by atoms with Crippen LogP contribution in [0.1, 0.15) is 40.9 Å². The van der Waals surface area contributed by atoms with Crippen LogP contribution in [-0.4, -0.2) is 19.6 Å². The van der Waals surface area contributed by atoms with E-state index in [1.165, 1.54) is 17.7 Å². The number of methoxy groups -OCH3 is 1. The van der Waals surface area contributed by atoms with Gasteiger partial charge in [-0.05, 0) is 42.5 Å². The standard InChI is InChI=1S/C18H21NO2S/c1-21-15-7-4-6-14(12-15)17(20)19-13-18(9-2-3-10-18)16-8-5-11-22-16/h4-8,11-12H,2-3,9-10,13H2,1H3,(H,19,20). The molecule has 1 saturated carbocycles. The Labute approximate surface area is 135 Å². The molecule has 0 radical (unpaired) electrons. The lowest BCUT2D eigenvalue weighted by Gasteiger charge is -2.28. The molecule has 0 bridgehead atoms. The van der Waals surface area contributed by atoms with Gasteiger partial charge in [0.15, 0.2) is 0 Å². The molecule has 3 rings (SSSR count). The lowest BCUT2D eigenvalue weighted by molar-refractivity contribution is 0.0943. The van der Waals surface area contributed by atoms with Crippen LogP contribution in [-0.2, 0) is 5.41 Å². The zero-order valence-corrected chi connectivity index (χ0v) is 13.6. The van der Waals surface area contributed by atoms with Gasteiger partial charge in [0.1, 0.15) is 5.75 Å². The van der Waals surface area contributed by atoms with Crippen LogP contribution in [0.3, 0.4) is 0 Å². The molecule has 3 nitrogen and oxygen atoms in total. The number of thiophene rings is 1. The lowest BCUT2D eigenvalue weighted by Crippen LogP contribution is -2.38. The Morgan fingerprint density at radius 3 is 2.77 bits per heavy atom. The summed E-state index contributed by atoms with van der Waals surface area (Å²) in [6, 6.07) is 11.6. The number of rotatable bonds is 5. The van der Waals surface area contributed by atoms with E-state index >= 15 is 0 Å². The van der Waals surface area contributed by atoms with Gasteiger partial charge in [0, 0.05) is 22.4 Å². The van der Waals surface area contributed by atoms with E-state index < -0.39 is 0 Å². The predicted octanol–water partition coefficient (Wildman–Crippen LogP) is 4.00. The molecule has 0 unspecified atom stereocenters. The SMILES string of the molecule is COc1cccc(C(=O)NCC2(c3cccs3)CCCC2)c1. The van der Waals surface area contributed by atoms with Crippen molar-refractivity contribution in [2.75, 3.05) is 13.7 Å². The maximum Gasteiger partial charge on any atom is 0.251 e. The Morgan fingerprint density at radius 2 is 2.09 bits per heavy atom. The molecular formula is C18H21NO2S. The van der Waals surface area contributed by atoms with Gasteiger partial charge in [0.05, 0.1) is 7.11 Å². The van der Waals surface area contributed by atoms with Crippen LogP contribution in [0, 0.1) is 0 Å². The molecule has 0 atom stereocenters. The average molecular weight is 315 g/mol. The van der Waals surface area contributed by atoms with Crippen molar-refractivity contribution < 1.29 is 9.53 Å². The molecule has 1 fully saturated rings. The van der Waals surface area contributed by atoms with Crippen LogP contribution >= 0.6 is 11.3 Å². The van der Waals surface area contributed by atoms with Crippen molar-refractivity contribution in [3.8, 4) is 5.75 Å². The van der Waals surface area contributed by atoms with Crippen LogP contribution in [0.2, 0.25) is 0 Å². The van der Waals surface area contributed by atoms with Crippen molar-refractivity contribution in [1.82, 2.24) is 5.32 Å². The monoisotopic (exact) mass is 315 g/mol. The van der Waals surface area contributed by atoms with Gasteiger partial charge in [-0.3, -0.25) is 4.79 Å². The second kappa shape index (κ2) is 6.53. The second-order valence-electron chi connectivity index (χ2n) is 5.88. The zero-order valence-electron chi connectivity index (χ0n) is 12.8. The van der Waals surface area contributed by atoms with E-state index in [0.29, 0.717) is 17.9 Å². The summed E-state index contributed by atoms with van der Waals surface area (Å²) < 4.78 is 5.18. The van der Waals surface area contributed by atoms with Crippen molar-refractivity contribution in [3.63, 3.8) is 0 Å². The Hall–Kier alpha value is -1.81. The van der Waals surface area contributed by atoms with E-state index in [-0.39, 0.29) is 11.3 Å². The number of hydrogen-bond acceptors (Lipinski definition) is 3. The zero-order chi connectivity index (χ0) is 15.4. The number of hydrogen-bond donors (Lipinski definition) is 1. The summed E-state index contributed by atoms with van der Waals surface area (Å²) in [7, 11) is 1.61. The number of benzene rings is 1. The number of carbonyl (C=O) groups is 1. The summed E-state index contributed by atoms with van der Waals surface area (Å²) in [5, 5.41) is 5.26. The van der Waals surface area contributed by atoms with Gasteiger partial charge in [-0.2, -0.15) is 0 Å². The Morgan fingerprint density at radius 1 is 1.27 bits per heavy atom. The average Bonchev–Trinajstić information content (AvgIpc) is 3.24. The van der Waals surface area contributed by atoms with Gasteiger partial charge in [-0.25, -0.2) is 0 Å². The third-order valence-electron chi connectivity index (χ3n) is 4.52. The van der Waals surface area contributed by atoms with Gasteiger partial charge in [-0.1, -0.05) is 25.0 Å². The normalized spacial score (nSPS) is 16.4. The fourth-order valence-corrected chi connectivity index (χ4v) is 4.25. The highest BCUT2D eigenvalue weighted by molar-refractivity contribution is 7.10. The summed E-state index contributed by atoms with van der Waals surface area (Å²) in [5.41, 5.74) is 0.779. The van der Waals surface area contributed by atoms with E-state index in [4.69, 9.17) is 4.74 Å². The van der Waals surface area contributed by atoms with Crippen molar-refractivity contribution >= 4 is 17.2 Å². The first-order chi connectivity index (χ1) is 10.7. The molecule has 1 aliphatic rings. The van der Waals surface area contributed by atoms with E-state index in [2.05, 4.69) is 22.8 Å². The van der Waals surface area contributed by atoms with Gasteiger partial charge in [0.2, 0.25) is 0 Å². The lowest BCUT2D eigenvalue weighted by atomic mass is 9.84. The molecule has 0 spiro atoms. The van der Waals surface area contributed by atoms with Crippen LogP contribution in [0.5, 0.6) is 5.75 Å². The van der Waals surface area contributed by atoms with E-state index in [1.54, 1.807) is 24.5 Å². The third-order valence-corrected chi connectivity index (χ3v) is 5.64. The maximum absolute atomic E-state index is 12.4. The predicted molar refractivity (Wildman–Crippen MR) is 89.8 cm³/mol. The Balaban J connectivity index is 1.71. The van der Waals surface area contributed by atoms with Gasteiger partial charge in [-0.15, -0.1) is 11.3 Å². The number of nitrogens with one attached hydrogen (secondary N) is 1. The number of ether oxygens (including phenoxy) is 1. The van der Waals surface area contributed by atoms with Crippen molar-refractivity contribution in [2.45, 2.75) is 31.1 Å². The van der Waals surface area contributed by atoms with Crippen LogP contribution in [0.4, 0.5) is 0 Å². The van der Waals surface area contributed by atoms with Crippen LogP contribution in [0.25, 0.3) is 0 Å². The highest BCUT2D eigenvalue weighted by Crippen LogP contribution is 2.42. The first-order valence-electron chi connectivity index (χ1n) is 7.70. The quantitative estimate of drug-likeness (QED) is 0.905. The van der Waals surface area contributed by atoms with E-state index in [1.807, 2.05) is 18.2 Å². The minimum atomic E-state index is -0.0262. The Bertz CT molecular complexity index is 630.